The second-order valence-corrected chi connectivity index (χ2v) is 7.90. The summed E-state index contributed by atoms with van der Waals surface area (Å²) < 4.78 is 15.0. The van der Waals surface area contributed by atoms with Gasteiger partial charge in [-0.2, -0.15) is 0 Å². The first-order valence-electron chi connectivity index (χ1n) is 10.8. The molecule has 0 aliphatic carbocycles. The summed E-state index contributed by atoms with van der Waals surface area (Å²) in [6.45, 7) is 0. The van der Waals surface area contributed by atoms with Crippen LogP contribution in [0.25, 0.3) is 17.8 Å². The van der Waals surface area contributed by atoms with Crippen molar-refractivity contribution in [2.45, 2.75) is 12.8 Å². The van der Waals surface area contributed by atoms with Crippen molar-refractivity contribution in [1.82, 2.24) is 14.4 Å². The van der Waals surface area contributed by atoms with Gasteiger partial charge in [-0.25, -0.2) is 14.4 Å². The molecular weight excluding hydrogens is 413 g/mol. The first kappa shape index (κ1) is 20.6. The highest BCUT2D eigenvalue weighted by Crippen LogP contribution is 2.26. The van der Waals surface area contributed by atoms with Gasteiger partial charge >= 0.3 is 0 Å². The van der Waals surface area contributed by atoms with E-state index in [9.17, 15) is 9.50 Å². The fourth-order valence-electron chi connectivity index (χ4n) is 3.81. The summed E-state index contributed by atoms with van der Waals surface area (Å²) >= 11 is 0. The largest absolute Gasteiger partial charge is 0.493 e. The predicted octanol–water partition coefficient (Wildman–Crippen LogP) is 5.93. The minimum absolute atomic E-state index is 0.0698. The van der Waals surface area contributed by atoms with Gasteiger partial charge in [-0.15, -0.1) is 0 Å². The van der Waals surface area contributed by atoms with E-state index in [0.29, 0.717) is 24.2 Å². The Morgan fingerprint density at radius 2 is 1.36 bits per heavy atom. The maximum absolute atomic E-state index is 13.3. The smallest absolute Gasteiger partial charge is 0.219 e. The number of aromatic hydroxyl groups is 1. The van der Waals surface area contributed by atoms with Crippen LogP contribution >= 0.6 is 0 Å². The van der Waals surface area contributed by atoms with Crippen molar-refractivity contribution < 1.29 is 9.50 Å². The molecule has 162 valence electrons. The molecule has 1 N–H and O–H groups in total. The normalized spacial score (nSPS) is 11.4. The molecule has 0 fully saturated rings. The fraction of sp³-hybridized carbons (Fsp3) is 0.0714. The Kier molecular flexibility index (Phi) is 5.68. The molecule has 0 atom stereocenters. The van der Waals surface area contributed by atoms with Crippen molar-refractivity contribution in [2.24, 2.45) is 0 Å². The van der Waals surface area contributed by atoms with Crippen LogP contribution in [-0.4, -0.2) is 19.5 Å². The van der Waals surface area contributed by atoms with Gasteiger partial charge in [0, 0.05) is 19.0 Å². The third kappa shape index (κ3) is 4.67. The van der Waals surface area contributed by atoms with E-state index >= 15 is 0 Å². The third-order valence-corrected chi connectivity index (χ3v) is 5.48. The van der Waals surface area contributed by atoms with Crippen LogP contribution in [0.1, 0.15) is 33.8 Å². The Morgan fingerprint density at radius 1 is 0.727 bits per heavy atom. The van der Waals surface area contributed by atoms with Crippen molar-refractivity contribution in [3.8, 4) is 5.88 Å². The van der Waals surface area contributed by atoms with Gasteiger partial charge in [-0.1, -0.05) is 78.9 Å². The van der Waals surface area contributed by atoms with Crippen LogP contribution in [0.2, 0.25) is 0 Å². The predicted molar refractivity (Wildman–Crippen MR) is 128 cm³/mol. The first-order chi connectivity index (χ1) is 16.2. The Balaban J connectivity index is 1.57. The van der Waals surface area contributed by atoms with Gasteiger partial charge in [0.25, 0.3) is 0 Å². The van der Waals surface area contributed by atoms with E-state index < -0.39 is 0 Å². The Bertz CT molecular complexity index is 1410. The van der Waals surface area contributed by atoms with Gasteiger partial charge in [0.2, 0.25) is 5.88 Å². The number of benzene rings is 3. The molecule has 0 aliphatic rings. The molecule has 3 aromatic carbocycles. The lowest BCUT2D eigenvalue weighted by molar-refractivity contribution is 0.442. The highest BCUT2D eigenvalue weighted by molar-refractivity contribution is 5.68. The van der Waals surface area contributed by atoms with E-state index in [1.54, 1.807) is 22.7 Å². The SMILES string of the molecule is Oc1c(Cc2ccc(F)cc2)nc2c(Cc3ccccc3)nc(/C=C/c3ccccc3)cn12. The van der Waals surface area contributed by atoms with Crippen LogP contribution in [0.3, 0.4) is 0 Å². The van der Waals surface area contributed by atoms with Crippen LogP contribution in [0, 0.1) is 5.82 Å². The minimum atomic E-state index is -0.290. The molecule has 2 heterocycles. The number of imidazole rings is 1. The molecular formula is C28H22FN3O. The van der Waals surface area contributed by atoms with E-state index in [1.807, 2.05) is 72.8 Å². The van der Waals surface area contributed by atoms with Gasteiger partial charge in [0.1, 0.15) is 11.5 Å². The average molecular weight is 436 g/mol. The summed E-state index contributed by atoms with van der Waals surface area (Å²) in [6, 6.07) is 26.3. The lowest BCUT2D eigenvalue weighted by Gasteiger charge is -2.06. The van der Waals surface area contributed by atoms with Crippen LogP contribution in [0.15, 0.2) is 91.1 Å². The number of nitrogens with zero attached hydrogens (tertiary/aromatic N) is 3. The van der Waals surface area contributed by atoms with E-state index in [2.05, 4.69) is 0 Å². The summed E-state index contributed by atoms with van der Waals surface area (Å²) in [6.07, 6.45) is 6.70. The van der Waals surface area contributed by atoms with Gasteiger partial charge in [0.05, 0.1) is 11.4 Å². The molecule has 0 saturated carbocycles. The summed E-state index contributed by atoms with van der Waals surface area (Å²) in [5, 5.41) is 11.0. The second-order valence-electron chi connectivity index (χ2n) is 7.90. The molecule has 0 bridgehead atoms. The number of hydrogen-bond donors (Lipinski definition) is 1. The quantitative estimate of drug-likeness (QED) is 0.360. The van der Waals surface area contributed by atoms with Crippen molar-refractivity contribution in [1.29, 1.82) is 0 Å². The summed E-state index contributed by atoms with van der Waals surface area (Å²) in [4.78, 5) is 9.57. The average Bonchev–Trinajstić information content (AvgIpc) is 3.16. The minimum Gasteiger partial charge on any atom is -0.493 e. The molecule has 33 heavy (non-hydrogen) atoms. The van der Waals surface area contributed by atoms with Crippen LogP contribution in [0.4, 0.5) is 4.39 Å². The van der Waals surface area contributed by atoms with Crippen molar-refractivity contribution in [3.05, 3.63) is 131 Å². The van der Waals surface area contributed by atoms with Crippen molar-refractivity contribution in [3.63, 3.8) is 0 Å². The maximum Gasteiger partial charge on any atom is 0.219 e. The number of hydrogen-bond acceptors (Lipinski definition) is 3. The van der Waals surface area contributed by atoms with Crippen molar-refractivity contribution >= 4 is 17.8 Å². The lowest BCUT2D eigenvalue weighted by atomic mass is 10.1. The molecule has 0 radical (unpaired) electrons. The maximum atomic E-state index is 13.3. The highest BCUT2D eigenvalue weighted by Gasteiger charge is 2.17. The third-order valence-electron chi connectivity index (χ3n) is 5.48. The van der Waals surface area contributed by atoms with Crippen LogP contribution in [0.5, 0.6) is 5.88 Å². The first-order valence-corrected chi connectivity index (χ1v) is 10.8. The lowest BCUT2D eigenvalue weighted by Crippen LogP contribution is -2.00. The Labute approximate surface area is 191 Å². The molecule has 2 aromatic heterocycles. The highest BCUT2D eigenvalue weighted by atomic mass is 19.1. The number of aromatic nitrogens is 3. The molecule has 0 saturated heterocycles. The standard InChI is InChI=1S/C28H22FN3O/c29-23-14-11-22(12-15-23)18-26-28(33)32-19-24(16-13-20-7-3-1-4-8-20)30-25(27(32)31-26)17-21-9-5-2-6-10-21/h1-16,19,33H,17-18H2/b16-13+. The van der Waals surface area contributed by atoms with Crippen LogP contribution < -0.4 is 0 Å². The second kappa shape index (κ2) is 9.09. The molecule has 0 amide bonds. The van der Waals surface area contributed by atoms with E-state index in [0.717, 1.165) is 28.1 Å². The summed E-state index contributed by atoms with van der Waals surface area (Å²) in [5.41, 5.74) is 5.69. The molecule has 5 aromatic rings. The topological polar surface area (TPSA) is 50.4 Å². The number of halogens is 1. The van der Waals surface area contributed by atoms with Gasteiger partial charge < -0.3 is 5.11 Å². The molecule has 0 spiro atoms. The molecule has 4 nitrogen and oxygen atoms in total. The van der Waals surface area contributed by atoms with Crippen LogP contribution in [-0.2, 0) is 12.8 Å². The van der Waals surface area contributed by atoms with Crippen molar-refractivity contribution in [2.75, 3.05) is 0 Å². The zero-order valence-corrected chi connectivity index (χ0v) is 17.9. The van der Waals surface area contributed by atoms with Gasteiger partial charge in [-0.3, -0.25) is 4.40 Å². The fourth-order valence-corrected chi connectivity index (χ4v) is 3.81. The summed E-state index contributed by atoms with van der Waals surface area (Å²) in [5.74, 6) is -0.220. The molecule has 0 unspecified atom stereocenters. The molecule has 5 rings (SSSR count). The number of fused-ring (bicyclic) bond motifs is 1. The molecule has 5 heteroatoms. The zero-order chi connectivity index (χ0) is 22.6. The number of rotatable bonds is 6. The van der Waals surface area contributed by atoms with E-state index in [4.69, 9.17) is 9.97 Å². The monoisotopic (exact) mass is 435 g/mol. The Morgan fingerprint density at radius 3 is 2.09 bits per heavy atom. The molecule has 0 aliphatic heterocycles. The zero-order valence-electron chi connectivity index (χ0n) is 17.9. The summed E-state index contributed by atoms with van der Waals surface area (Å²) in [7, 11) is 0. The van der Waals surface area contributed by atoms with E-state index in [-0.39, 0.29) is 11.7 Å². The van der Waals surface area contributed by atoms with Gasteiger partial charge in [0.15, 0.2) is 5.65 Å². The van der Waals surface area contributed by atoms with E-state index in [1.165, 1.54) is 12.1 Å². The van der Waals surface area contributed by atoms with Gasteiger partial charge in [-0.05, 0) is 34.9 Å². The Hall–Kier alpha value is -4.25.